The number of hydrogen-bond donors (Lipinski definition) is 0. The molecule has 0 saturated carbocycles. The van der Waals surface area contributed by atoms with Gasteiger partial charge in [0.2, 0.25) is 0 Å². The maximum Gasteiger partial charge on any atom is -0.0137 e. The monoisotopic (exact) mass is 252 g/mol. The van der Waals surface area contributed by atoms with Crippen molar-refractivity contribution in [3.05, 3.63) is 9.66 Å². The molecule has 0 aliphatic heterocycles. The number of unbranched alkanes of at least 4 members (excludes halogenated alkanes) is 3. The van der Waals surface area contributed by atoms with Crippen molar-refractivity contribution >= 4 is 22.6 Å². The summed E-state index contributed by atoms with van der Waals surface area (Å²) in [6.07, 6.45) is 9.00. The van der Waals surface area contributed by atoms with Crippen molar-refractivity contribution < 1.29 is 0 Å². The molecule has 0 radical (unpaired) electrons. The van der Waals surface area contributed by atoms with E-state index < -0.39 is 0 Å². The van der Waals surface area contributed by atoms with E-state index in [2.05, 4.69) is 42.5 Å². The van der Waals surface area contributed by atoms with Gasteiger partial charge in [-0.1, -0.05) is 32.3 Å². The molecule has 0 saturated heterocycles. The highest BCUT2D eigenvalue weighted by atomic mass is 127. The average molecular weight is 252 g/mol. The summed E-state index contributed by atoms with van der Waals surface area (Å²) >= 11 is 2.42. The first-order valence-electron chi connectivity index (χ1n) is 4.12. The van der Waals surface area contributed by atoms with Gasteiger partial charge in [-0.3, -0.25) is 0 Å². The molecule has 0 aromatic heterocycles. The fourth-order valence-corrected chi connectivity index (χ4v) is 1.25. The summed E-state index contributed by atoms with van der Waals surface area (Å²) in [7, 11) is 0. The smallest absolute Gasteiger partial charge is 0.0137 e. The van der Waals surface area contributed by atoms with E-state index in [0.29, 0.717) is 0 Å². The van der Waals surface area contributed by atoms with Crippen molar-refractivity contribution in [1.82, 2.24) is 0 Å². The summed E-state index contributed by atoms with van der Waals surface area (Å²) in [5.41, 5.74) is 0. The van der Waals surface area contributed by atoms with Crippen LogP contribution in [0.25, 0.3) is 0 Å². The molecule has 0 aliphatic carbocycles. The van der Waals surface area contributed by atoms with Crippen LogP contribution in [0.4, 0.5) is 0 Å². The highest BCUT2D eigenvalue weighted by Crippen LogP contribution is 2.15. The molecule has 10 heavy (non-hydrogen) atoms. The number of rotatable bonds is 5. The van der Waals surface area contributed by atoms with Crippen LogP contribution in [-0.2, 0) is 0 Å². The van der Waals surface area contributed by atoms with Gasteiger partial charge in [-0.2, -0.15) is 0 Å². The molecule has 0 aromatic carbocycles. The minimum Gasteiger partial charge on any atom is -0.0784 e. The highest BCUT2D eigenvalue weighted by Gasteiger charge is 1.89. The molecule has 0 aliphatic rings. The zero-order valence-corrected chi connectivity index (χ0v) is 9.15. The van der Waals surface area contributed by atoms with Crippen molar-refractivity contribution in [2.24, 2.45) is 0 Å². The van der Waals surface area contributed by atoms with Gasteiger partial charge in [0.1, 0.15) is 0 Å². The standard InChI is InChI=1S/C9H17I/c1-3-5-6-7-8-9(10)4-2/h4H,3,5-8H2,1-2H3/b9-4+. The second-order valence-electron chi connectivity index (χ2n) is 2.55. The van der Waals surface area contributed by atoms with E-state index in [4.69, 9.17) is 0 Å². The van der Waals surface area contributed by atoms with Crippen LogP contribution < -0.4 is 0 Å². The van der Waals surface area contributed by atoms with Crippen molar-refractivity contribution in [2.75, 3.05) is 0 Å². The molecule has 0 N–H and O–H groups in total. The van der Waals surface area contributed by atoms with Crippen LogP contribution in [-0.4, -0.2) is 0 Å². The van der Waals surface area contributed by atoms with E-state index in [9.17, 15) is 0 Å². The number of halogens is 1. The summed E-state index contributed by atoms with van der Waals surface area (Å²) < 4.78 is 1.51. The molecule has 0 atom stereocenters. The van der Waals surface area contributed by atoms with Crippen LogP contribution in [0.5, 0.6) is 0 Å². The Morgan fingerprint density at radius 1 is 1.30 bits per heavy atom. The fourth-order valence-electron chi connectivity index (χ4n) is 0.865. The topological polar surface area (TPSA) is 0 Å². The third-order valence-corrected chi connectivity index (χ3v) is 2.74. The second-order valence-corrected chi connectivity index (χ2v) is 3.93. The number of allylic oxidation sites excluding steroid dienone is 2. The molecule has 0 spiro atoms. The van der Waals surface area contributed by atoms with Crippen molar-refractivity contribution in [2.45, 2.75) is 46.0 Å². The molecule has 0 bridgehead atoms. The van der Waals surface area contributed by atoms with Gasteiger partial charge in [0.15, 0.2) is 0 Å². The molecule has 60 valence electrons. The lowest BCUT2D eigenvalue weighted by Crippen LogP contribution is -1.76. The van der Waals surface area contributed by atoms with Crippen LogP contribution in [0.15, 0.2) is 9.66 Å². The summed E-state index contributed by atoms with van der Waals surface area (Å²) in [6.45, 7) is 4.36. The van der Waals surface area contributed by atoms with Gasteiger partial charge in [-0.05, 0) is 45.9 Å². The first-order chi connectivity index (χ1) is 4.81. The third kappa shape index (κ3) is 6.59. The molecule has 0 nitrogen and oxygen atoms in total. The summed E-state index contributed by atoms with van der Waals surface area (Å²) in [4.78, 5) is 0. The normalized spacial score (nSPS) is 12.1. The van der Waals surface area contributed by atoms with Crippen LogP contribution in [0.3, 0.4) is 0 Å². The zero-order valence-electron chi connectivity index (χ0n) is 6.99. The Labute approximate surface area is 78.2 Å². The Morgan fingerprint density at radius 2 is 2.00 bits per heavy atom. The van der Waals surface area contributed by atoms with Gasteiger partial charge < -0.3 is 0 Å². The molecule has 0 rings (SSSR count). The lowest BCUT2D eigenvalue weighted by molar-refractivity contribution is 0.673. The van der Waals surface area contributed by atoms with E-state index in [0.717, 1.165) is 0 Å². The molecule has 0 heterocycles. The highest BCUT2D eigenvalue weighted by molar-refractivity contribution is 14.1. The summed E-state index contributed by atoms with van der Waals surface area (Å²) in [6, 6.07) is 0. The quantitative estimate of drug-likeness (QED) is 0.505. The van der Waals surface area contributed by atoms with Crippen LogP contribution in [0, 0.1) is 0 Å². The third-order valence-electron chi connectivity index (χ3n) is 1.58. The van der Waals surface area contributed by atoms with E-state index >= 15 is 0 Å². The zero-order chi connectivity index (χ0) is 7.82. The summed E-state index contributed by atoms with van der Waals surface area (Å²) in [5, 5.41) is 0. The van der Waals surface area contributed by atoms with Crippen LogP contribution in [0.1, 0.15) is 46.0 Å². The predicted molar refractivity (Wildman–Crippen MR) is 56.5 cm³/mol. The van der Waals surface area contributed by atoms with Crippen LogP contribution >= 0.6 is 22.6 Å². The lowest BCUT2D eigenvalue weighted by atomic mass is 10.1. The second kappa shape index (κ2) is 7.58. The lowest BCUT2D eigenvalue weighted by Gasteiger charge is -1.97. The molecule has 0 fully saturated rings. The van der Waals surface area contributed by atoms with Crippen molar-refractivity contribution in [3.63, 3.8) is 0 Å². The molecule has 0 unspecified atom stereocenters. The summed E-state index contributed by atoms with van der Waals surface area (Å²) in [5.74, 6) is 0. The maximum absolute atomic E-state index is 2.42. The minimum absolute atomic E-state index is 1.29. The maximum atomic E-state index is 2.42. The van der Waals surface area contributed by atoms with Gasteiger partial charge in [-0.25, -0.2) is 0 Å². The van der Waals surface area contributed by atoms with Gasteiger partial charge in [0, 0.05) is 0 Å². The van der Waals surface area contributed by atoms with E-state index in [1.54, 1.807) is 0 Å². The van der Waals surface area contributed by atoms with Gasteiger partial charge in [0.05, 0.1) is 0 Å². The SMILES string of the molecule is C/C=C(/I)CCCCCC. The largest absolute Gasteiger partial charge is 0.0784 e. The Hall–Kier alpha value is 0.470. The molecule has 0 aromatic rings. The van der Waals surface area contributed by atoms with Crippen molar-refractivity contribution in [3.8, 4) is 0 Å². The average Bonchev–Trinajstić information content (AvgIpc) is 1.98. The van der Waals surface area contributed by atoms with Crippen LogP contribution in [0.2, 0.25) is 0 Å². The molecular formula is C9H17I. The Kier molecular flexibility index (Phi) is 7.93. The van der Waals surface area contributed by atoms with Gasteiger partial charge >= 0.3 is 0 Å². The van der Waals surface area contributed by atoms with Gasteiger partial charge in [-0.15, -0.1) is 0 Å². The van der Waals surface area contributed by atoms with E-state index in [-0.39, 0.29) is 0 Å². The first kappa shape index (κ1) is 10.5. The van der Waals surface area contributed by atoms with E-state index in [1.807, 2.05) is 0 Å². The minimum atomic E-state index is 1.29. The van der Waals surface area contributed by atoms with Crippen molar-refractivity contribution in [1.29, 1.82) is 0 Å². The fraction of sp³-hybridized carbons (Fsp3) is 0.778. The van der Waals surface area contributed by atoms with E-state index in [1.165, 1.54) is 35.7 Å². The molecule has 1 heteroatoms. The Balaban J connectivity index is 3.04. The Morgan fingerprint density at radius 3 is 2.50 bits per heavy atom. The molecular weight excluding hydrogens is 235 g/mol. The first-order valence-corrected chi connectivity index (χ1v) is 5.19. The molecule has 0 amide bonds. The van der Waals surface area contributed by atoms with Gasteiger partial charge in [0.25, 0.3) is 0 Å². The Bertz CT molecular complexity index is 94.9. The number of hydrogen-bond acceptors (Lipinski definition) is 0. The predicted octanol–water partition coefficient (Wildman–Crippen LogP) is 4.30.